The van der Waals surface area contributed by atoms with Gasteiger partial charge in [-0.05, 0) is 25.0 Å². The van der Waals surface area contributed by atoms with Gasteiger partial charge in [0.05, 0.1) is 5.02 Å². The lowest BCUT2D eigenvalue weighted by atomic mass is 10.2. The zero-order valence-corrected chi connectivity index (χ0v) is 14.1. The van der Waals surface area contributed by atoms with Gasteiger partial charge in [0.25, 0.3) is 5.91 Å². The van der Waals surface area contributed by atoms with Crippen LogP contribution < -0.4 is 5.32 Å². The maximum atomic E-state index is 13.8. The summed E-state index contributed by atoms with van der Waals surface area (Å²) in [5.41, 5.74) is 0. The topological polar surface area (TPSA) is 68.0 Å². The molecule has 1 aliphatic rings. The Kier molecular flexibility index (Phi) is 3.97. The van der Waals surface area contributed by atoms with Crippen LogP contribution in [0.4, 0.5) is 4.39 Å². The molecule has 1 saturated carbocycles. The van der Waals surface area contributed by atoms with E-state index in [4.69, 9.17) is 16.1 Å². The van der Waals surface area contributed by atoms with Gasteiger partial charge in [0.1, 0.15) is 10.7 Å². The number of nitrogens with zero attached hydrogens (tertiary/aromatic N) is 2. The van der Waals surface area contributed by atoms with Crippen molar-refractivity contribution < 1.29 is 13.7 Å². The number of rotatable bonds is 5. The predicted octanol–water partition coefficient (Wildman–Crippen LogP) is 3.93. The zero-order valence-electron chi connectivity index (χ0n) is 12.5. The van der Waals surface area contributed by atoms with Gasteiger partial charge >= 0.3 is 0 Å². The molecule has 0 radical (unpaired) electrons. The van der Waals surface area contributed by atoms with E-state index in [1.54, 1.807) is 12.1 Å². The first-order valence-electron chi connectivity index (χ1n) is 7.60. The number of hydrogen-bond acceptors (Lipinski definition) is 5. The van der Waals surface area contributed by atoms with E-state index >= 15 is 0 Å². The third-order valence-corrected chi connectivity index (χ3v) is 5.50. The largest absolute Gasteiger partial charge is 0.351 e. The zero-order chi connectivity index (χ0) is 16.7. The van der Waals surface area contributed by atoms with Crippen LogP contribution in [-0.4, -0.2) is 22.6 Å². The molecular formula is C16H13ClFN3O2S. The second kappa shape index (κ2) is 6.14. The molecular weight excluding hydrogens is 353 g/mol. The molecule has 1 amide bonds. The Hall–Kier alpha value is -1.99. The van der Waals surface area contributed by atoms with Crippen LogP contribution in [0.15, 0.2) is 22.7 Å². The van der Waals surface area contributed by atoms with E-state index in [0.717, 1.165) is 12.8 Å². The molecule has 1 aromatic carbocycles. The fourth-order valence-corrected chi connectivity index (χ4v) is 3.92. The first-order valence-corrected chi connectivity index (χ1v) is 8.80. The molecule has 0 saturated heterocycles. The van der Waals surface area contributed by atoms with E-state index in [-0.39, 0.29) is 10.9 Å². The molecule has 2 aromatic heterocycles. The van der Waals surface area contributed by atoms with Crippen molar-refractivity contribution >= 4 is 38.9 Å². The SMILES string of the molecule is O=C(NCCc1noc(C2CC2)n1)c1sc2cccc(F)c2c1Cl. The second-order valence-electron chi connectivity index (χ2n) is 5.69. The highest BCUT2D eigenvalue weighted by atomic mass is 35.5. The van der Waals surface area contributed by atoms with Crippen LogP contribution >= 0.6 is 22.9 Å². The van der Waals surface area contributed by atoms with E-state index in [9.17, 15) is 9.18 Å². The van der Waals surface area contributed by atoms with Gasteiger partial charge in [-0.15, -0.1) is 11.3 Å². The Morgan fingerprint density at radius 3 is 3.04 bits per heavy atom. The number of carbonyl (C=O) groups excluding carboxylic acids is 1. The molecule has 0 unspecified atom stereocenters. The lowest BCUT2D eigenvalue weighted by Gasteiger charge is -2.01. The Morgan fingerprint density at radius 1 is 1.46 bits per heavy atom. The van der Waals surface area contributed by atoms with Gasteiger partial charge in [-0.1, -0.05) is 22.8 Å². The molecule has 0 atom stereocenters. The molecule has 4 rings (SSSR count). The van der Waals surface area contributed by atoms with E-state index in [2.05, 4.69) is 15.5 Å². The number of carbonyl (C=O) groups is 1. The van der Waals surface area contributed by atoms with Crippen molar-refractivity contribution in [1.82, 2.24) is 15.5 Å². The summed E-state index contributed by atoms with van der Waals surface area (Å²) in [6, 6.07) is 4.67. The van der Waals surface area contributed by atoms with E-state index in [0.29, 0.717) is 45.6 Å². The third-order valence-electron chi connectivity index (χ3n) is 3.86. The van der Waals surface area contributed by atoms with Gasteiger partial charge in [0, 0.05) is 29.0 Å². The smallest absolute Gasteiger partial charge is 0.262 e. The minimum absolute atomic E-state index is 0.154. The number of hydrogen-bond donors (Lipinski definition) is 1. The molecule has 1 N–H and O–H groups in total. The molecule has 2 heterocycles. The molecule has 0 aliphatic heterocycles. The highest BCUT2D eigenvalue weighted by molar-refractivity contribution is 7.21. The summed E-state index contributed by atoms with van der Waals surface area (Å²) < 4.78 is 19.7. The molecule has 1 aliphatic carbocycles. The maximum absolute atomic E-state index is 13.8. The molecule has 24 heavy (non-hydrogen) atoms. The Bertz CT molecular complexity index is 919. The van der Waals surface area contributed by atoms with Crippen molar-refractivity contribution in [2.45, 2.75) is 25.2 Å². The van der Waals surface area contributed by atoms with Crippen molar-refractivity contribution in [2.75, 3.05) is 6.54 Å². The molecule has 1 fully saturated rings. The number of fused-ring (bicyclic) bond motifs is 1. The number of benzene rings is 1. The lowest BCUT2D eigenvalue weighted by molar-refractivity contribution is 0.0958. The Labute approximate surface area is 145 Å². The Balaban J connectivity index is 1.42. The molecule has 8 heteroatoms. The first kappa shape index (κ1) is 15.5. The fraction of sp³-hybridized carbons (Fsp3) is 0.312. The van der Waals surface area contributed by atoms with Gasteiger partial charge < -0.3 is 9.84 Å². The standard InChI is InChI=1S/C16H13ClFN3O2S/c17-13-12-9(18)2-1-3-10(12)24-14(13)15(22)19-7-6-11-20-16(23-21-11)8-4-5-8/h1-3,8H,4-7H2,(H,19,22). The fourth-order valence-electron chi connectivity index (χ4n) is 2.45. The van der Waals surface area contributed by atoms with Crippen molar-refractivity contribution in [2.24, 2.45) is 0 Å². The van der Waals surface area contributed by atoms with Gasteiger partial charge in [0.15, 0.2) is 5.82 Å². The van der Waals surface area contributed by atoms with E-state index < -0.39 is 5.82 Å². The lowest BCUT2D eigenvalue weighted by Crippen LogP contribution is -2.25. The minimum Gasteiger partial charge on any atom is -0.351 e. The van der Waals surface area contributed by atoms with Crippen LogP contribution in [0.3, 0.4) is 0 Å². The molecule has 0 bridgehead atoms. The van der Waals surface area contributed by atoms with Crippen LogP contribution in [0, 0.1) is 5.82 Å². The second-order valence-corrected chi connectivity index (χ2v) is 7.12. The average Bonchev–Trinajstić information content (AvgIpc) is 3.21. The third kappa shape index (κ3) is 2.89. The van der Waals surface area contributed by atoms with Crippen LogP contribution in [-0.2, 0) is 6.42 Å². The van der Waals surface area contributed by atoms with E-state index in [1.807, 2.05) is 0 Å². The first-order chi connectivity index (χ1) is 11.6. The van der Waals surface area contributed by atoms with Crippen LogP contribution in [0.2, 0.25) is 5.02 Å². The van der Waals surface area contributed by atoms with Gasteiger partial charge in [-0.3, -0.25) is 4.79 Å². The molecule has 5 nitrogen and oxygen atoms in total. The maximum Gasteiger partial charge on any atom is 0.262 e. The molecule has 0 spiro atoms. The average molecular weight is 366 g/mol. The van der Waals surface area contributed by atoms with Gasteiger partial charge in [-0.2, -0.15) is 4.98 Å². The summed E-state index contributed by atoms with van der Waals surface area (Å²) in [7, 11) is 0. The van der Waals surface area contributed by atoms with Gasteiger partial charge in [-0.25, -0.2) is 4.39 Å². The number of aromatic nitrogens is 2. The molecule has 3 aromatic rings. The van der Waals surface area contributed by atoms with E-state index in [1.165, 1.54) is 17.4 Å². The van der Waals surface area contributed by atoms with Crippen molar-refractivity contribution in [3.63, 3.8) is 0 Å². The summed E-state index contributed by atoms with van der Waals surface area (Å²) in [5.74, 6) is 0.914. The number of thiophene rings is 1. The normalized spacial score (nSPS) is 14.2. The van der Waals surface area contributed by atoms with Crippen LogP contribution in [0.5, 0.6) is 0 Å². The summed E-state index contributed by atoms with van der Waals surface area (Å²) in [6.07, 6.45) is 2.66. The van der Waals surface area contributed by atoms with Crippen molar-refractivity contribution in [3.05, 3.63) is 45.6 Å². The summed E-state index contributed by atoms with van der Waals surface area (Å²) in [5, 5.41) is 7.11. The number of halogens is 2. The Morgan fingerprint density at radius 2 is 2.29 bits per heavy atom. The van der Waals surface area contributed by atoms with Crippen LogP contribution in [0.25, 0.3) is 10.1 Å². The van der Waals surface area contributed by atoms with Gasteiger partial charge in [0.2, 0.25) is 5.89 Å². The number of nitrogens with one attached hydrogen (secondary N) is 1. The quantitative estimate of drug-likeness (QED) is 0.744. The summed E-state index contributed by atoms with van der Waals surface area (Å²) in [6.45, 7) is 0.357. The predicted molar refractivity (Wildman–Crippen MR) is 89.1 cm³/mol. The van der Waals surface area contributed by atoms with Crippen molar-refractivity contribution in [1.29, 1.82) is 0 Å². The number of amides is 1. The van der Waals surface area contributed by atoms with Crippen LogP contribution in [0.1, 0.15) is 40.1 Å². The highest BCUT2D eigenvalue weighted by Gasteiger charge is 2.29. The summed E-state index contributed by atoms with van der Waals surface area (Å²) >= 11 is 7.34. The summed E-state index contributed by atoms with van der Waals surface area (Å²) in [4.78, 5) is 16.9. The minimum atomic E-state index is -0.424. The van der Waals surface area contributed by atoms with Crippen molar-refractivity contribution in [3.8, 4) is 0 Å². The molecule has 124 valence electrons. The highest BCUT2D eigenvalue weighted by Crippen LogP contribution is 2.39. The monoisotopic (exact) mass is 365 g/mol.